The van der Waals surface area contributed by atoms with Crippen molar-refractivity contribution in [2.75, 3.05) is 43.4 Å². The predicted octanol–water partition coefficient (Wildman–Crippen LogP) is 2.87. The molecule has 1 aliphatic heterocycles. The number of benzene rings is 1. The maximum atomic E-state index is 5.95. The summed E-state index contributed by atoms with van der Waals surface area (Å²) in [5.41, 5.74) is 9.27. The zero-order chi connectivity index (χ0) is 13.4. The van der Waals surface area contributed by atoms with Gasteiger partial charge in [0.25, 0.3) is 0 Å². The molecule has 1 aromatic rings. The van der Waals surface area contributed by atoms with Gasteiger partial charge in [-0.25, -0.2) is 0 Å². The van der Waals surface area contributed by atoms with Crippen LogP contribution in [0.1, 0.15) is 18.4 Å². The van der Waals surface area contributed by atoms with Gasteiger partial charge >= 0.3 is 0 Å². The minimum absolute atomic E-state index is 0.864. The highest BCUT2D eigenvalue weighted by Crippen LogP contribution is 2.33. The van der Waals surface area contributed by atoms with E-state index in [0.717, 1.165) is 29.2 Å². The standard InChI is InChI=1S/C15H22BrN3/c1-11-8-15(13(16)9-14(11)17)19-6-4-18(5-7-19)10-12-2-3-12/h8-9,12H,2-7,10,17H2,1H3. The second kappa shape index (κ2) is 5.33. The first-order chi connectivity index (χ1) is 9.13. The fraction of sp³-hybridized carbons (Fsp3) is 0.600. The lowest BCUT2D eigenvalue weighted by Gasteiger charge is -2.36. The van der Waals surface area contributed by atoms with E-state index in [1.165, 1.54) is 43.7 Å². The molecule has 19 heavy (non-hydrogen) atoms. The first kappa shape index (κ1) is 13.3. The molecule has 104 valence electrons. The van der Waals surface area contributed by atoms with Gasteiger partial charge in [-0.15, -0.1) is 0 Å². The van der Waals surface area contributed by atoms with Crippen LogP contribution in [0.15, 0.2) is 16.6 Å². The highest BCUT2D eigenvalue weighted by atomic mass is 79.9. The molecule has 0 atom stereocenters. The molecule has 0 unspecified atom stereocenters. The summed E-state index contributed by atoms with van der Waals surface area (Å²) < 4.78 is 1.12. The van der Waals surface area contributed by atoms with Crippen LogP contribution >= 0.6 is 15.9 Å². The van der Waals surface area contributed by atoms with Crippen molar-refractivity contribution < 1.29 is 0 Å². The number of aryl methyl sites for hydroxylation is 1. The Labute approximate surface area is 123 Å². The summed E-state index contributed by atoms with van der Waals surface area (Å²) in [6.45, 7) is 8.01. The molecule has 3 rings (SSSR count). The third-order valence-corrected chi connectivity index (χ3v) is 4.90. The van der Waals surface area contributed by atoms with Gasteiger partial charge in [0.15, 0.2) is 0 Å². The Morgan fingerprint density at radius 1 is 1.21 bits per heavy atom. The van der Waals surface area contributed by atoms with E-state index in [2.05, 4.69) is 38.7 Å². The number of nitrogen functional groups attached to an aromatic ring is 1. The number of hydrogen-bond acceptors (Lipinski definition) is 3. The molecule has 2 aliphatic rings. The van der Waals surface area contributed by atoms with Crippen LogP contribution in [0.5, 0.6) is 0 Å². The molecule has 2 N–H and O–H groups in total. The van der Waals surface area contributed by atoms with Gasteiger partial charge < -0.3 is 10.6 Å². The largest absolute Gasteiger partial charge is 0.398 e. The van der Waals surface area contributed by atoms with Gasteiger partial charge in [-0.1, -0.05) is 0 Å². The number of nitrogens with two attached hydrogens (primary N) is 1. The molecule has 2 fully saturated rings. The van der Waals surface area contributed by atoms with E-state index in [4.69, 9.17) is 5.73 Å². The zero-order valence-corrected chi connectivity index (χ0v) is 13.1. The van der Waals surface area contributed by atoms with Crippen LogP contribution in [0.25, 0.3) is 0 Å². The summed E-state index contributed by atoms with van der Waals surface area (Å²) in [5.74, 6) is 0.997. The highest BCUT2D eigenvalue weighted by Gasteiger charge is 2.26. The van der Waals surface area contributed by atoms with E-state index in [-0.39, 0.29) is 0 Å². The Morgan fingerprint density at radius 2 is 1.89 bits per heavy atom. The van der Waals surface area contributed by atoms with Gasteiger partial charge in [-0.2, -0.15) is 0 Å². The third kappa shape index (κ3) is 3.06. The average Bonchev–Trinajstić information content (AvgIpc) is 3.19. The second-order valence-corrected chi connectivity index (χ2v) is 6.75. The van der Waals surface area contributed by atoms with E-state index in [1.54, 1.807) is 0 Å². The van der Waals surface area contributed by atoms with Crippen LogP contribution in [0.4, 0.5) is 11.4 Å². The lowest BCUT2D eigenvalue weighted by atomic mass is 10.1. The smallest absolute Gasteiger partial charge is 0.0515 e. The molecule has 4 heteroatoms. The molecule has 0 aromatic heterocycles. The number of rotatable bonds is 3. The van der Waals surface area contributed by atoms with Crippen molar-refractivity contribution in [1.29, 1.82) is 0 Å². The summed E-state index contributed by atoms with van der Waals surface area (Å²) in [7, 11) is 0. The Bertz CT molecular complexity index is 463. The quantitative estimate of drug-likeness (QED) is 0.868. The molecule has 0 amide bonds. The Balaban J connectivity index is 1.65. The Hall–Kier alpha value is -0.740. The van der Waals surface area contributed by atoms with Crippen LogP contribution in [-0.2, 0) is 0 Å². The number of halogens is 1. The van der Waals surface area contributed by atoms with Crippen molar-refractivity contribution in [3.05, 3.63) is 22.2 Å². The minimum Gasteiger partial charge on any atom is -0.398 e. The molecule has 0 radical (unpaired) electrons. The van der Waals surface area contributed by atoms with Crippen LogP contribution in [0.3, 0.4) is 0 Å². The predicted molar refractivity (Wildman–Crippen MR) is 84.7 cm³/mol. The first-order valence-corrected chi connectivity index (χ1v) is 7.95. The SMILES string of the molecule is Cc1cc(N2CCN(CC3CC3)CC2)c(Br)cc1N. The molecule has 0 bridgehead atoms. The number of anilines is 2. The monoisotopic (exact) mass is 323 g/mol. The molecule has 1 heterocycles. The topological polar surface area (TPSA) is 32.5 Å². The Morgan fingerprint density at radius 3 is 2.53 bits per heavy atom. The van der Waals surface area contributed by atoms with Gasteiger partial charge in [0.1, 0.15) is 0 Å². The lowest BCUT2D eigenvalue weighted by molar-refractivity contribution is 0.248. The molecular weight excluding hydrogens is 302 g/mol. The van der Waals surface area contributed by atoms with E-state index in [0.29, 0.717) is 0 Å². The van der Waals surface area contributed by atoms with Crippen LogP contribution < -0.4 is 10.6 Å². The molecule has 0 spiro atoms. The van der Waals surface area contributed by atoms with Crippen LogP contribution in [-0.4, -0.2) is 37.6 Å². The summed E-state index contributed by atoms with van der Waals surface area (Å²) in [6, 6.07) is 4.23. The van der Waals surface area contributed by atoms with Crippen molar-refractivity contribution in [1.82, 2.24) is 4.90 Å². The van der Waals surface area contributed by atoms with E-state index in [1.807, 2.05) is 6.07 Å². The summed E-state index contributed by atoms with van der Waals surface area (Å²) in [6.07, 6.45) is 2.89. The van der Waals surface area contributed by atoms with Crippen molar-refractivity contribution in [2.24, 2.45) is 5.92 Å². The average molecular weight is 324 g/mol. The molecular formula is C15H22BrN3. The van der Waals surface area contributed by atoms with Gasteiger partial charge in [0.2, 0.25) is 0 Å². The molecule has 3 nitrogen and oxygen atoms in total. The van der Waals surface area contributed by atoms with Gasteiger partial charge in [-0.05, 0) is 59.3 Å². The fourth-order valence-electron chi connectivity index (χ4n) is 2.76. The van der Waals surface area contributed by atoms with Crippen LogP contribution in [0.2, 0.25) is 0 Å². The molecule has 1 aliphatic carbocycles. The van der Waals surface area contributed by atoms with Crippen molar-refractivity contribution >= 4 is 27.3 Å². The van der Waals surface area contributed by atoms with Gasteiger partial charge in [0, 0.05) is 42.9 Å². The zero-order valence-electron chi connectivity index (χ0n) is 11.5. The first-order valence-electron chi connectivity index (χ1n) is 7.16. The van der Waals surface area contributed by atoms with E-state index in [9.17, 15) is 0 Å². The van der Waals surface area contributed by atoms with Crippen molar-refractivity contribution in [2.45, 2.75) is 19.8 Å². The van der Waals surface area contributed by atoms with E-state index < -0.39 is 0 Å². The van der Waals surface area contributed by atoms with Gasteiger partial charge in [0.05, 0.1) is 5.69 Å². The van der Waals surface area contributed by atoms with E-state index >= 15 is 0 Å². The molecule has 1 aromatic carbocycles. The fourth-order valence-corrected chi connectivity index (χ4v) is 3.37. The highest BCUT2D eigenvalue weighted by molar-refractivity contribution is 9.10. The maximum Gasteiger partial charge on any atom is 0.0515 e. The van der Waals surface area contributed by atoms with Crippen molar-refractivity contribution in [3.63, 3.8) is 0 Å². The maximum absolute atomic E-state index is 5.95. The number of hydrogen-bond donors (Lipinski definition) is 1. The summed E-state index contributed by atoms with van der Waals surface area (Å²) in [5, 5.41) is 0. The van der Waals surface area contributed by atoms with Gasteiger partial charge in [-0.3, -0.25) is 4.90 Å². The molecule has 1 saturated heterocycles. The second-order valence-electron chi connectivity index (χ2n) is 5.89. The lowest BCUT2D eigenvalue weighted by Crippen LogP contribution is -2.47. The van der Waals surface area contributed by atoms with Crippen LogP contribution in [0, 0.1) is 12.8 Å². The minimum atomic E-state index is 0.864. The molecule has 1 saturated carbocycles. The number of piperazine rings is 1. The Kier molecular flexibility index (Phi) is 3.72. The third-order valence-electron chi connectivity index (χ3n) is 4.26. The summed E-state index contributed by atoms with van der Waals surface area (Å²) >= 11 is 3.65. The normalized spacial score (nSPS) is 20.8. The van der Waals surface area contributed by atoms with Crippen molar-refractivity contribution in [3.8, 4) is 0 Å². The number of nitrogens with zero attached hydrogens (tertiary/aromatic N) is 2. The summed E-state index contributed by atoms with van der Waals surface area (Å²) in [4.78, 5) is 5.09.